The van der Waals surface area contributed by atoms with Gasteiger partial charge >= 0.3 is 5.97 Å². The number of ether oxygens (including phenoxy) is 2. The van der Waals surface area contributed by atoms with Crippen LogP contribution < -0.4 is 20.2 Å². The van der Waals surface area contributed by atoms with Crippen molar-refractivity contribution < 1.29 is 23.9 Å². The van der Waals surface area contributed by atoms with Gasteiger partial charge in [0.1, 0.15) is 0 Å². The van der Waals surface area contributed by atoms with Gasteiger partial charge in [-0.1, -0.05) is 45.7 Å². The minimum absolute atomic E-state index is 0.198. The van der Waals surface area contributed by atoms with Crippen LogP contribution in [0.5, 0.6) is 11.5 Å². The Balaban J connectivity index is 1.55. The minimum atomic E-state index is -0.623. The second-order valence-corrected chi connectivity index (χ2v) is 8.09. The van der Waals surface area contributed by atoms with Gasteiger partial charge in [0.15, 0.2) is 11.5 Å². The maximum Gasteiger partial charge on any atom is 0.345 e. The van der Waals surface area contributed by atoms with Gasteiger partial charge in [0.05, 0.1) is 30.5 Å². The van der Waals surface area contributed by atoms with Crippen molar-refractivity contribution in [3.63, 3.8) is 0 Å². The molecule has 0 heterocycles. The molecule has 8 nitrogen and oxygen atoms in total. The number of nitrogens with zero attached hydrogens (tertiary/aromatic N) is 1. The van der Waals surface area contributed by atoms with Gasteiger partial charge < -0.3 is 14.8 Å². The first-order valence-corrected chi connectivity index (χ1v) is 11.0. The van der Waals surface area contributed by atoms with Crippen LogP contribution >= 0.6 is 27.5 Å². The van der Waals surface area contributed by atoms with Crippen LogP contribution in [0.2, 0.25) is 5.02 Å². The first-order valence-electron chi connectivity index (χ1n) is 9.88. The summed E-state index contributed by atoms with van der Waals surface area (Å²) in [5.41, 5.74) is 3.56. The van der Waals surface area contributed by atoms with Crippen molar-refractivity contribution in [2.45, 2.75) is 0 Å². The third-order valence-corrected chi connectivity index (χ3v) is 5.21. The zero-order valence-electron chi connectivity index (χ0n) is 17.9. The highest BCUT2D eigenvalue weighted by atomic mass is 79.9. The number of hydrogen-bond acceptors (Lipinski definition) is 6. The third kappa shape index (κ3) is 6.90. The monoisotopic (exact) mass is 543 g/mol. The summed E-state index contributed by atoms with van der Waals surface area (Å²) in [6.07, 6.45) is 1.39. The van der Waals surface area contributed by atoms with Gasteiger partial charge in [-0.3, -0.25) is 9.59 Å². The predicted octanol–water partition coefficient (Wildman–Crippen LogP) is 4.21. The number of carbonyl (C=O) groups excluding carboxylic acids is 3. The topological polar surface area (TPSA) is 106 Å². The maximum atomic E-state index is 12.4. The van der Waals surface area contributed by atoms with Crippen molar-refractivity contribution in [1.29, 1.82) is 0 Å². The van der Waals surface area contributed by atoms with Gasteiger partial charge in [0.25, 0.3) is 11.8 Å². The van der Waals surface area contributed by atoms with Crippen LogP contribution in [0.15, 0.2) is 76.3 Å². The van der Waals surface area contributed by atoms with Crippen molar-refractivity contribution in [3.8, 4) is 11.5 Å². The normalized spacial score (nSPS) is 10.6. The molecule has 0 bridgehead atoms. The molecular formula is C24H19BrClN3O5. The Morgan fingerprint density at radius 1 is 1.03 bits per heavy atom. The highest BCUT2D eigenvalue weighted by Crippen LogP contribution is 2.29. The second kappa shape index (κ2) is 12.0. The number of rotatable bonds is 8. The van der Waals surface area contributed by atoms with E-state index in [-0.39, 0.29) is 34.5 Å². The molecule has 34 heavy (non-hydrogen) atoms. The van der Waals surface area contributed by atoms with Crippen LogP contribution in [-0.4, -0.2) is 37.7 Å². The molecule has 0 radical (unpaired) electrons. The van der Waals surface area contributed by atoms with Crippen LogP contribution in [0.25, 0.3) is 0 Å². The standard InChI is InChI=1S/C24H19BrClN3O5/c1-33-21-11-15(9-10-20(21)34-24(32)18-7-2-3-8-19(18)26)13-28-29-22(30)14-27-23(31)16-5-4-6-17(25)12-16/h2-13H,14H2,1H3,(H,27,31)(H,29,30). The summed E-state index contributed by atoms with van der Waals surface area (Å²) in [6, 6.07) is 18.1. The molecule has 0 aliphatic heterocycles. The fourth-order valence-electron chi connectivity index (χ4n) is 2.74. The van der Waals surface area contributed by atoms with E-state index in [9.17, 15) is 14.4 Å². The van der Waals surface area contributed by atoms with Gasteiger partial charge in [0, 0.05) is 10.0 Å². The average molecular weight is 545 g/mol. The zero-order valence-corrected chi connectivity index (χ0v) is 20.2. The van der Waals surface area contributed by atoms with E-state index in [0.717, 1.165) is 4.47 Å². The van der Waals surface area contributed by atoms with E-state index in [2.05, 4.69) is 31.8 Å². The van der Waals surface area contributed by atoms with Crippen molar-refractivity contribution in [2.75, 3.05) is 13.7 Å². The Hall–Kier alpha value is -3.69. The fourth-order valence-corrected chi connectivity index (χ4v) is 3.35. The van der Waals surface area contributed by atoms with Crippen LogP contribution in [0.4, 0.5) is 0 Å². The van der Waals surface area contributed by atoms with E-state index in [1.807, 2.05) is 0 Å². The summed E-state index contributed by atoms with van der Waals surface area (Å²) in [5.74, 6) is -1.02. The van der Waals surface area contributed by atoms with Gasteiger partial charge in [0.2, 0.25) is 0 Å². The number of methoxy groups -OCH3 is 1. The first-order chi connectivity index (χ1) is 16.4. The highest BCUT2D eigenvalue weighted by molar-refractivity contribution is 9.10. The molecule has 0 atom stereocenters. The zero-order chi connectivity index (χ0) is 24.5. The SMILES string of the molecule is COc1cc(C=NNC(=O)CNC(=O)c2cccc(Br)c2)ccc1OC(=O)c1ccccc1Cl. The number of nitrogens with one attached hydrogen (secondary N) is 2. The Bertz CT molecular complexity index is 1250. The highest BCUT2D eigenvalue weighted by Gasteiger charge is 2.15. The largest absolute Gasteiger partial charge is 0.493 e. The summed E-state index contributed by atoms with van der Waals surface area (Å²) < 4.78 is 11.4. The molecule has 3 aromatic rings. The fraction of sp³-hybridized carbons (Fsp3) is 0.0833. The number of hydrazone groups is 1. The van der Waals surface area contributed by atoms with Crippen molar-refractivity contribution in [1.82, 2.24) is 10.7 Å². The second-order valence-electron chi connectivity index (χ2n) is 6.77. The molecule has 174 valence electrons. The number of halogens is 2. The molecule has 3 rings (SSSR count). The van der Waals surface area contributed by atoms with Crippen LogP contribution in [-0.2, 0) is 4.79 Å². The smallest absolute Gasteiger partial charge is 0.345 e. The van der Waals surface area contributed by atoms with Crippen molar-refractivity contribution in [2.24, 2.45) is 5.10 Å². The maximum absolute atomic E-state index is 12.4. The number of benzene rings is 3. The van der Waals surface area contributed by atoms with Crippen LogP contribution in [0.1, 0.15) is 26.3 Å². The van der Waals surface area contributed by atoms with E-state index < -0.39 is 11.9 Å². The number of carbonyl (C=O) groups is 3. The predicted molar refractivity (Wildman–Crippen MR) is 132 cm³/mol. The number of amides is 2. The first kappa shape index (κ1) is 24.9. The van der Waals surface area contributed by atoms with Crippen LogP contribution in [0.3, 0.4) is 0 Å². The molecule has 3 aromatic carbocycles. The minimum Gasteiger partial charge on any atom is -0.493 e. The molecule has 10 heteroatoms. The summed E-state index contributed by atoms with van der Waals surface area (Å²) in [4.78, 5) is 36.4. The Morgan fingerprint density at radius 2 is 1.82 bits per heavy atom. The summed E-state index contributed by atoms with van der Waals surface area (Å²) >= 11 is 9.32. The van der Waals surface area contributed by atoms with E-state index in [1.54, 1.807) is 60.7 Å². The molecule has 0 saturated heterocycles. The molecule has 0 saturated carbocycles. The lowest BCUT2D eigenvalue weighted by atomic mass is 10.2. The molecule has 0 aliphatic carbocycles. The lowest BCUT2D eigenvalue weighted by Crippen LogP contribution is -2.34. The Labute approximate surface area is 209 Å². The van der Waals surface area contributed by atoms with Gasteiger partial charge in [-0.15, -0.1) is 0 Å². The summed E-state index contributed by atoms with van der Waals surface area (Å²) in [6.45, 7) is -0.247. The molecule has 0 aliphatic rings. The Kier molecular flexibility index (Phi) is 8.78. The van der Waals surface area contributed by atoms with E-state index >= 15 is 0 Å². The molecule has 0 fully saturated rings. The van der Waals surface area contributed by atoms with Crippen LogP contribution in [0, 0.1) is 0 Å². The lowest BCUT2D eigenvalue weighted by molar-refractivity contribution is -0.120. The lowest BCUT2D eigenvalue weighted by Gasteiger charge is -2.10. The number of hydrogen-bond donors (Lipinski definition) is 2. The van der Waals surface area contributed by atoms with Gasteiger partial charge in [-0.05, 0) is 54.1 Å². The van der Waals surface area contributed by atoms with Gasteiger partial charge in [-0.2, -0.15) is 5.10 Å². The number of esters is 1. The van der Waals surface area contributed by atoms with Crippen molar-refractivity contribution >= 4 is 51.5 Å². The average Bonchev–Trinajstić information content (AvgIpc) is 2.83. The third-order valence-electron chi connectivity index (χ3n) is 4.38. The molecule has 2 amide bonds. The van der Waals surface area contributed by atoms with E-state index in [0.29, 0.717) is 11.1 Å². The summed E-state index contributed by atoms with van der Waals surface area (Å²) in [5, 5.41) is 6.66. The molecule has 2 N–H and O–H groups in total. The molecule has 0 spiro atoms. The quantitative estimate of drug-likeness (QED) is 0.191. The Morgan fingerprint density at radius 3 is 2.56 bits per heavy atom. The van der Waals surface area contributed by atoms with Crippen molar-refractivity contribution in [3.05, 3.63) is 92.9 Å². The molecule has 0 unspecified atom stereocenters. The van der Waals surface area contributed by atoms with E-state index in [4.69, 9.17) is 21.1 Å². The summed E-state index contributed by atoms with van der Waals surface area (Å²) in [7, 11) is 1.43. The van der Waals surface area contributed by atoms with E-state index in [1.165, 1.54) is 19.4 Å². The molecule has 0 aromatic heterocycles. The van der Waals surface area contributed by atoms with Gasteiger partial charge in [-0.25, -0.2) is 10.2 Å². The molecular weight excluding hydrogens is 526 g/mol.